The molecule has 90 valence electrons. The average molecular weight is 250 g/mol. The quantitative estimate of drug-likeness (QED) is 0.534. The predicted molar refractivity (Wildman–Crippen MR) is 68.4 cm³/mol. The van der Waals surface area contributed by atoms with Crippen molar-refractivity contribution in [2.24, 2.45) is 0 Å². The van der Waals surface area contributed by atoms with Crippen LogP contribution in [0.15, 0.2) is 0 Å². The van der Waals surface area contributed by atoms with Gasteiger partial charge in [-0.25, -0.2) is 0 Å². The van der Waals surface area contributed by atoms with Gasteiger partial charge in [-0.1, -0.05) is 0 Å². The molecule has 0 rings (SSSR count). The van der Waals surface area contributed by atoms with Crippen LogP contribution in [0.1, 0.15) is 41.5 Å². The lowest BCUT2D eigenvalue weighted by Crippen LogP contribution is -2.41. The number of thiocarbonyl (C=S) groups is 1. The summed E-state index contributed by atoms with van der Waals surface area (Å²) in [4.78, 5) is 0. The minimum atomic E-state index is -1.81. The molecule has 0 saturated carbocycles. The first kappa shape index (κ1) is 15.0. The zero-order valence-electron chi connectivity index (χ0n) is 10.4. The molecule has 1 atom stereocenters. The normalized spacial score (nSPS) is 13.7. The number of hydrogen-bond donors (Lipinski definition) is 0. The highest BCUT2D eigenvalue weighted by atomic mass is 32.1. The smallest absolute Gasteiger partial charge is 0.363 e. The maximum absolute atomic E-state index is 5.76. The van der Waals surface area contributed by atoms with Crippen LogP contribution in [0.4, 0.5) is 0 Å². The molecule has 0 aliphatic heterocycles. The number of hydrogen-bond acceptors (Lipinski definition) is 4. The van der Waals surface area contributed by atoms with Crippen molar-refractivity contribution >= 4 is 26.6 Å². The molecule has 0 aliphatic carbocycles. The van der Waals surface area contributed by atoms with Gasteiger partial charge in [-0.3, -0.25) is 0 Å². The van der Waals surface area contributed by atoms with E-state index >= 15 is 0 Å². The van der Waals surface area contributed by atoms with Gasteiger partial charge in [-0.05, 0) is 46.8 Å². The zero-order chi connectivity index (χ0) is 12.0. The molecule has 0 aliphatic rings. The van der Waals surface area contributed by atoms with Crippen molar-refractivity contribution in [3.63, 3.8) is 0 Å². The first-order chi connectivity index (χ1) is 6.82. The van der Waals surface area contributed by atoms with Crippen LogP contribution in [0.3, 0.4) is 0 Å². The van der Waals surface area contributed by atoms with E-state index in [1.165, 1.54) is 0 Å². The van der Waals surface area contributed by atoms with Crippen molar-refractivity contribution in [2.75, 3.05) is 0 Å². The summed E-state index contributed by atoms with van der Waals surface area (Å²) in [5, 5.41) is 0.541. The van der Waals surface area contributed by atoms with Gasteiger partial charge < -0.3 is 13.6 Å². The Bertz CT molecular complexity index is 187. The SMILES string of the molecule is CC(=S)OC(C)[SiH](OC(C)C)OC(C)C. The minimum Gasteiger partial charge on any atom is -0.483 e. The molecule has 0 N–H and O–H groups in total. The van der Waals surface area contributed by atoms with Crippen molar-refractivity contribution in [2.45, 2.75) is 59.5 Å². The molecule has 0 saturated heterocycles. The van der Waals surface area contributed by atoms with Crippen molar-refractivity contribution < 1.29 is 13.6 Å². The molecule has 15 heavy (non-hydrogen) atoms. The van der Waals surface area contributed by atoms with Crippen LogP contribution < -0.4 is 0 Å². The molecule has 0 amide bonds. The predicted octanol–water partition coefficient (Wildman–Crippen LogP) is 2.35. The molecule has 0 spiro atoms. The third-order valence-corrected chi connectivity index (χ3v) is 4.17. The maximum Gasteiger partial charge on any atom is 0.363 e. The summed E-state index contributed by atoms with van der Waals surface area (Å²) in [7, 11) is -1.81. The van der Waals surface area contributed by atoms with E-state index in [4.69, 9.17) is 25.8 Å². The lowest BCUT2D eigenvalue weighted by Gasteiger charge is -2.26. The van der Waals surface area contributed by atoms with Crippen LogP contribution in [-0.4, -0.2) is 32.3 Å². The van der Waals surface area contributed by atoms with Gasteiger partial charge in [0.1, 0.15) is 5.73 Å². The number of rotatable bonds is 6. The second-order valence-electron chi connectivity index (χ2n) is 4.05. The first-order valence-electron chi connectivity index (χ1n) is 5.31. The lowest BCUT2D eigenvalue weighted by atomic mass is 10.5. The molecule has 0 radical (unpaired) electrons. The molecule has 3 nitrogen and oxygen atoms in total. The highest BCUT2D eigenvalue weighted by Crippen LogP contribution is 2.08. The molecule has 0 aromatic carbocycles. The third kappa shape index (κ3) is 7.90. The summed E-state index contributed by atoms with van der Waals surface area (Å²) in [6.45, 7) is 11.7. The summed E-state index contributed by atoms with van der Waals surface area (Å²) < 4.78 is 17.0. The Balaban J connectivity index is 4.26. The highest BCUT2D eigenvalue weighted by Gasteiger charge is 2.26. The highest BCUT2D eigenvalue weighted by molar-refractivity contribution is 7.80. The molecule has 0 aromatic rings. The van der Waals surface area contributed by atoms with Gasteiger partial charge in [-0.2, -0.15) is 0 Å². The van der Waals surface area contributed by atoms with E-state index in [0.717, 1.165) is 0 Å². The summed E-state index contributed by atoms with van der Waals surface area (Å²) in [6.07, 6.45) is 0.328. The first-order valence-corrected chi connectivity index (χ1v) is 7.32. The van der Waals surface area contributed by atoms with Crippen molar-refractivity contribution in [1.82, 2.24) is 0 Å². The number of ether oxygens (including phenoxy) is 1. The van der Waals surface area contributed by atoms with Gasteiger partial charge in [0.2, 0.25) is 0 Å². The Labute approximate surface area is 99.9 Å². The summed E-state index contributed by atoms with van der Waals surface area (Å²) >= 11 is 4.91. The van der Waals surface area contributed by atoms with Gasteiger partial charge >= 0.3 is 9.28 Å². The van der Waals surface area contributed by atoms with Crippen molar-refractivity contribution in [3.8, 4) is 0 Å². The Hall–Kier alpha value is 0.0269. The van der Waals surface area contributed by atoms with Crippen LogP contribution in [0.25, 0.3) is 0 Å². The summed E-state index contributed by atoms with van der Waals surface area (Å²) in [5.74, 6) is 0. The molecular formula is C10H22O3SSi. The standard InChI is InChI=1S/C10H22O3SSi/c1-7(2)12-15(13-8(3)4)10(6)11-9(5)14/h7-8,10,15H,1-6H3. The Morgan fingerprint density at radius 1 is 1.00 bits per heavy atom. The van der Waals surface area contributed by atoms with Gasteiger partial charge in [0.05, 0.1) is 0 Å². The van der Waals surface area contributed by atoms with E-state index in [1.54, 1.807) is 6.92 Å². The van der Waals surface area contributed by atoms with E-state index in [-0.39, 0.29) is 17.9 Å². The van der Waals surface area contributed by atoms with Crippen LogP contribution >= 0.6 is 12.2 Å². The molecule has 0 aromatic heterocycles. The molecule has 1 unspecified atom stereocenters. The summed E-state index contributed by atoms with van der Waals surface area (Å²) in [5.41, 5.74) is -0.0488. The van der Waals surface area contributed by atoms with Crippen molar-refractivity contribution in [1.29, 1.82) is 0 Å². The fraction of sp³-hybridized carbons (Fsp3) is 0.900. The van der Waals surface area contributed by atoms with Crippen LogP contribution in [0.5, 0.6) is 0 Å². The largest absolute Gasteiger partial charge is 0.483 e. The molecule has 0 heterocycles. The topological polar surface area (TPSA) is 27.7 Å². The second-order valence-corrected chi connectivity index (χ2v) is 6.85. The zero-order valence-corrected chi connectivity index (χ0v) is 12.4. The van der Waals surface area contributed by atoms with Crippen molar-refractivity contribution in [3.05, 3.63) is 0 Å². The van der Waals surface area contributed by atoms with E-state index in [2.05, 4.69) is 0 Å². The van der Waals surface area contributed by atoms with E-state index in [0.29, 0.717) is 5.05 Å². The van der Waals surface area contributed by atoms with Crippen LogP contribution in [0, 0.1) is 0 Å². The molecule has 0 bridgehead atoms. The van der Waals surface area contributed by atoms with Crippen LogP contribution in [-0.2, 0) is 13.6 Å². The Kier molecular flexibility index (Phi) is 7.34. The lowest BCUT2D eigenvalue weighted by molar-refractivity contribution is 0.0949. The monoisotopic (exact) mass is 250 g/mol. The van der Waals surface area contributed by atoms with Gasteiger partial charge in [0, 0.05) is 19.1 Å². The van der Waals surface area contributed by atoms with Gasteiger partial charge in [-0.15, -0.1) is 0 Å². The average Bonchev–Trinajstić information content (AvgIpc) is 1.99. The molecule has 5 heteroatoms. The van der Waals surface area contributed by atoms with E-state index in [9.17, 15) is 0 Å². The fourth-order valence-corrected chi connectivity index (χ4v) is 3.25. The Morgan fingerprint density at radius 3 is 1.67 bits per heavy atom. The van der Waals surface area contributed by atoms with Gasteiger partial charge in [0.25, 0.3) is 0 Å². The summed E-state index contributed by atoms with van der Waals surface area (Å²) in [6, 6.07) is 0. The minimum absolute atomic E-state index is 0.0488. The van der Waals surface area contributed by atoms with E-state index in [1.807, 2.05) is 34.6 Å². The molecule has 0 fully saturated rings. The van der Waals surface area contributed by atoms with E-state index < -0.39 is 9.28 Å². The second kappa shape index (κ2) is 7.32. The molecular weight excluding hydrogens is 228 g/mol. The van der Waals surface area contributed by atoms with Crippen LogP contribution in [0.2, 0.25) is 0 Å². The van der Waals surface area contributed by atoms with Gasteiger partial charge in [0.15, 0.2) is 5.05 Å². The fourth-order valence-electron chi connectivity index (χ4n) is 1.11. The Morgan fingerprint density at radius 2 is 1.40 bits per heavy atom. The maximum atomic E-state index is 5.76. The third-order valence-electron chi connectivity index (χ3n) is 1.55.